The Balaban J connectivity index is 0.00000196. The summed E-state index contributed by atoms with van der Waals surface area (Å²) < 4.78 is 0. The average molecular weight is 372 g/mol. The number of rotatable bonds is 6. The van der Waals surface area contributed by atoms with E-state index in [0.717, 1.165) is 17.7 Å². The predicted molar refractivity (Wildman–Crippen MR) is 104 cm³/mol. The van der Waals surface area contributed by atoms with E-state index in [4.69, 9.17) is 5.11 Å². The molecule has 0 unspecified atom stereocenters. The Kier molecular flexibility index (Phi) is 7.85. The normalized spacial score (nSPS) is 12.4. The molecule has 0 bridgehead atoms. The maximum Gasteiger partial charge on any atom is 1.00 e. The number of hydrogen-bond donors (Lipinski definition) is 2. The second kappa shape index (κ2) is 10.1. The summed E-state index contributed by atoms with van der Waals surface area (Å²) in [6.07, 6.45) is 8.83. The molecule has 0 aromatic heterocycles. The van der Waals surface area contributed by atoms with Crippen LogP contribution in [0.3, 0.4) is 0 Å². The van der Waals surface area contributed by atoms with Crippen LogP contribution < -0.4 is 39.8 Å². The van der Waals surface area contributed by atoms with Crippen molar-refractivity contribution in [2.24, 2.45) is 0 Å². The molecule has 0 saturated heterocycles. The first-order chi connectivity index (χ1) is 12.6. The van der Waals surface area contributed by atoms with Crippen LogP contribution in [0.25, 0.3) is 6.08 Å². The van der Waals surface area contributed by atoms with Crippen LogP contribution >= 0.6 is 0 Å². The zero-order chi connectivity index (χ0) is 18.4. The molecule has 1 aliphatic rings. The van der Waals surface area contributed by atoms with Crippen LogP contribution in [0, 0.1) is 0 Å². The van der Waals surface area contributed by atoms with Gasteiger partial charge in [-0.25, -0.2) is 0 Å². The van der Waals surface area contributed by atoms with Crippen LogP contribution in [0.15, 0.2) is 67.0 Å². The molecule has 5 nitrogen and oxygen atoms in total. The predicted octanol–water partition coefficient (Wildman–Crippen LogP) is 1.15. The number of carboxylic acids is 1. The van der Waals surface area contributed by atoms with Crippen molar-refractivity contribution in [3.63, 3.8) is 0 Å². The number of fused-ring (bicyclic) bond motifs is 1. The molecule has 3 rings (SSSR count). The summed E-state index contributed by atoms with van der Waals surface area (Å²) in [6.45, 7) is 0. The third-order valence-corrected chi connectivity index (χ3v) is 4.04. The quantitative estimate of drug-likeness (QED) is 0.747. The Labute approximate surface area is 182 Å². The van der Waals surface area contributed by atoms with Crippen LogP contribution in [-0.2, 0) is 16.0 Å². The largest absolute Gasteiger partial charge is 1.00 e. The van der Waals surface area contributed by atoms with E-state index in [-0.39, 0.29) is 49.7 Å². The van der Waals surface area contributed by atoms with Gasteiger partial charge in [0.05, 0.1) is 6.42 Å². The number of hydrogen-bond acceptors (Lipinski definition) is 3. The summed E-state index contributed by atoms with van der Waals surface area (Å²) >= 11 is 0. The fourth-order valence-corrected chi connectivity index (χ4v) is 2.77. The first-order valence-corrected chi connectivity index (χ1v) is 8.44. The molecule has 2 N–H and O–H groups in total. The first-order valence-electron chi connectivity index (χ1n) is 8.44. The van der Waals surface area contributed by atoms with Gasteiger partial charge in [-0.1, -0.05) is 36.4 Å². The molecule has 0 aliphatic carbocycles. The van der Waals surface area contributed by atoms with Crippen molar-refractivity contribution in [2.75, 3.05) is 10.2 Å². The number of nitrogens with one attached hydrogen (secondary N) is 1. The SMILES string of the molecule is O=C(O)CCC(=O)Nc1cccc(/C=C/N2C=CCc3ccccc32)c1.[H-].[Na+]. The number of para-hydroxylation sites is 1. The minimum atomic E-state index is -0.980. The van der Waals surface area contributed by atoms with Crippen molar-refractivity contribution >= 4 is 29.3 Å². The van der Waals surface area contributed by atoms with Crippen molar-refractivity contribution in [3.05, 3.63) is 78.1 Å². The van der Waals surface area contributed by atoms with Crippen LogP contribution in [-0.4, -0.2) is 17.0 Å². The molecule has 1 amide bonds. The molecule has 2 aromatic rings. The second-order valence-corrected chi connectivity index (χ2v) is 6.01. The summed E-state index contributed by atoms with van der Waals surface area (Å²) in [5.74, 6) is -1.28. The Morgan fingerprint density at radius 3 is 2.78 bits per heavy atom. The van der Waals surface area contributed by atoms with Gasteiger partial charge < -0.3 is 16.7 Å². The standard InChI is InChI=1S/C21H20N2O3.Na.H/c24-20(10-11-21(25)26)22-18-8-3-5-16(15-18)12-14-23-13-4-7-17-6-1-2-9-19(17)23;;/h1-6,8-9,12-15H,7,10-11H2,(H,22,24)(H,25,26);;/q;+1;-1/b14-12+;;. The van der Waals surface area contributed by atoms with E-state index >= 15 is 0 Å². The average Bonchev–Trinajstić information content (AvgIpc) is 2.65. The van der Waals surface area contributed by atoms with E-state index in [9.17, 15) is 9.59 Å². The molecule has 0 radical (unpaired) electrons. The number of anilines is 2. The van der Waals surface area contributed by atoms with Gasteiger partial charge in [0.25, 0.3) is 0 Å². The maximum absolute atomic E-state index is 11.8. The molecule has 0 fully saturated rings. The molecular formula is C21H21N2NaO3. The third kappa shape index (κ3) is 6.10. The number of benzene rings is 2. The zero-order valence-electron chi connectivity index (χ0n) is 16.3. The third-order valence-electron chi connectivity index (χ3n) is 4.04. The molecule has 1 aliphatic heterocycles. The summed E-state index contributed by atoms with van der Waals surface area (Å²) in [5.41, 5.74) is 4.03. The molecular weight excluding hydrogens is 351 g/mol. The summed E-state index contributed by atoms with van der Waals surface area (Å²) in [4.78, 5) is 24.4. The minimum absolute atomic E-state index is 0. The number of allylic oxidation sites excluding steroid dienone is 1. The topological polar surface area (TPSA) is 69.6 Å². The monoisotopic (exact) mass is 372 g/mol. The number of nitrogens with zero attached hydrogens (tertiary/aromatic N) is 1. The Hall–Kier alpha value is -2.34. The second-order valence-electron chi connectivity index (χ2n) is 6.01. The molecule has 2 aromatic carbocycles. The molecule has 6 heteroatoms. The van der Waals surface area contributed by atoms with Gasteiger partial charge in [-0.3, -0.25) is 9.59 Å². The van der Waals surface area contributed by atoms with Gasteiger partial charge in [-0.05, 0) is 41.8 Å². The molecule has 0 spiro atoms. The molecule has 0 saturated carbocycles. The van der Waals surface area contributed by atoms with E-state index in [0.29, 0.717) is 5.69 Å². The van der Waals surface area contributed by atoms with Gasteiger partial charge in [-0.2, -0.15) is 0 Å². The van der Waals surface area contributed by atoms with Gasteiger partial charge in [0.1, 0.15) is 0 Å². The molecule has 27 heavy (non-hydrogen) atoms. The van der Waals surface area contributed by atoms with Crippen molar-refractivity contribution in [1.82, 2.24) is 0 Å². The minimum Gasteiger partial charge on any atom is -1.00 e. The van der Waals surface area contributed by atoms with Crippen LogP contribution in [0.2, 0.25) is 0 Å². The number of carboxylic acid groups (broad SMARTS) is 1. The Bertz CT molecular complexity index is 883. The van der Waals surface area contributed by atoms with Gasteiger partial charge in [0, 0.05) is 30.2 Å². The fraction of sp³-hybridized carbons (Fsp3) is 0.143. The summed E-state index contributed by atoms with van der Waals surface area (Å²) in [7, 11) is 0. The van der Waals surface area contributed by atoms with E-state index in [1.165, 1.54) is 5.56 Å². The first kappa shape index (κ1) is 21.0. The Morgan fingerprint density at radius 1 is 1.15 bits per heavy atom. The van der Waals surface area contributed by atoms with Crippen molar-refractivity contribution < 1.29 is 45.7 Å². The van der Waals surface area contributed by atoms with E-state index < -0.39 is 5.97 Å². The molecule has 134 valence electrons. The summed E-state index contributed by atoms with van der Waals surface area (Å²) in [6, 6.07) is 15.7. The number of carbonyl (C=O) groups is 2. The van der Waals surface area contributed by atoms with Gasteiger partial charge in [0.2, 0.25) is 5.91 Å². The van der Waals surface area contributed by atoms with Crippen LogP contribution in [0.4, 0.5) is 11.4 Å². The number of aliphatic carboxylic acids is 1. The van der Waals surface area contributed by atoms with E-state index in [1.54, 1.807) is 6.07 Å². The van der Waals surface area contributed by atoms with E-state index in [2.05, 4.69) is 28.4 Å². The van der Waals surface area contributed by atoms with Gasteiger partial charge in [0.15, 0.2) is 0 Å². The van der Waals surface area contributed by atoms with Crippen molar-refractivity contribution in [3.8, 4) is 0 Å². The Morgan fingerprint density at radius 2 is 1.96 bits per heavy atom. The number of amides is 1. The molecule has 1 heterocycles. The maximum atomic E-state index is 11.8. The summed E-state index contributed by atoms with van der Waals surface area (Å²) in [5, 5.41) is 11.4. The smallest absolute Gasteiger partial charge is 1.00 e. The fourth-order valence-electron chi connectivity index (χ4n) is 2.77. The van der Waals surface area contributed by atoms with E-state index in [1.807, 2.05) is 48.8 Å². The number of carbonyl (C=O) groups excluding carboxylic acids is 1. The zero-order valence-corrected chi connectivity index (χ0v) is 17.3. The van der Waals surface area contributed by atoms with Crippen molar-refractivity contribution in [1.29, 1.82) is 0 Å². The van der Waals surface area contributed by atoms with Crippen molar-refractivity contribution in [2.45, 2.75) is 19.3 Å². The van der Waals surface area contributed by atoms with Crippen LogP contribution in [0.1, 0.15) is 25.4 Å². The van der Waals surface area contributed by atoms with Gasteiger partial charge >= 0.3 is 35.5 Å². The molecule has 0 atom stereocenters. The van der Waals surface area contributed by atoms with Crippen LogP contribution in [0.5, 0.6) is 0 Å². The van der Waals surface area contributed by atoms with Gasteiger partial charge in [-0.15, -0.1) is 0 Å².